The third-order valence-electron chi connectivity index (χ3n) is 7.42. The maximum absolute atomic E-state index is 14.3. The zero-order valence-electron chi connectivity index (χ0n) is 20.3. The summed E-state index contributed by atoms with van der Waals surface area (Å²) < 4.78 is 54.5. The van der Waals surface area contributed by atoms with Crippen LogP contribution in [0.1, 0.15) is 31.7 Å². The van der Waals surface area contributed by atoms with Gasteiger partial charge in [-0.1, -0.05) is 10.4 Å². The second-order valence-electron chi connectivity index (χ2n) is 9.66. The minimum atomic E-state index is -1.61. The average molecular weight is 526 g/mol. The van der Waals surface area contributed by atoms with E-state index in [1.54, 1.807) is 0 Å². The van der Waals surface area contributed by atoms with E-state index in [0.717, 1.165) is 43.8 Å². The Bertz CT molecular complexity index is 1130. The lowest BCUT2D eigenvalue weighted by Gasteiger charge is -2.44. The third kappa shape index (κ3) is 5.10. The number of aliphatic hydroxyl groups excluding tert-OH is 2. The van der Waals surface area contributed by atoms with Crippen LogP contribution in [-0.4, -0.2) is 88.2 Å². The third-order valence-corrected chi connectivity index (χ3v) is 7.42. The van der Waals surface area contributed by atoms with Crippen LogP contribution in [0.25, 0.3) is 11.3 Å². The summed E-state index contributed by atoms with van der Waals surface area (Å²) in [6, 6.07) is 0.988. The molecule has 10 nitrogen and oxygen atoms in total. The Morgan fingerprint density at radius 2 is 1.95 bits per heavy atom. The van der Waals surface area contributed by atoms with Gasteiger partial charge in [-0.15, -0.1) is 5.10 Å². The molecule has 0 bridgehead atoms. The van der Waals surface area contributed by atoms with Crippen molar-refractivity contribution < 1.29 is 37.7 Å². The molecule has 202 valence electrons. The van der Waals surface area contributed by atoms with E-state index >= 15 is 0 Å². The van der Waals surface area contributed by atoms with E-state index < -0.39 is 54.5 Å². The van der Waals surface area contributed by atoms with Crippen LogP contribution < -0.4 is 5.32 Å². The van der Waals surface area contributed by atoms with Gasteiger partial charge < -0.3 is 29.8 Å². The molecule has 3 aliphatic heterocycles. The molecule has 2 saturated heterocycles. The second-order valence-corrected chi connectivity index (χ2v) is 9.66. The average Bonchev–Trinajstić information content (AvgIpc) is 3.58. The van der Waals surface area contributed by atoms with Crippen molar-refractivity contribution in [1.82, 2.24) is 20.3 Å². The highest BCUT2D eigenvalue weighted by Crippen LogP contribution is 2.36. The largest absolute Gasteiger partial charge is 0.394 e. The molecule has 4 heterocycles. The van der Waals surface area contributed by atoms with Gasteiger partial charge in [-0.3, -0.25) is 0 Å². The molecular weight excluding hydrogens is 495 g/mol. The molecule has 0 saturated carbocycles. The number of ether oxygens (including phenoxy) is 2. The van der Waals surface area contributed by atoms with Crippen molar-refractivity contribution in [2.45, 2.75) is 62.2 Å². The number of aliphatic hydroxyl groups is 2. The van der Waals surface area contributed by atoms with Crippen molar-refractivity contribution in [3.8, 4) is 11.3 Å². The van der Waals surface area contributed by atoms with E-state index in [1.807, 2.05) is 0 Å². The topological polar surface area (TPSA) is 123 Å². The van der Waals surface area contributed by atoms with Crippen molar-refractivity contribution in [3.63, 3.8) is 0 Å². The van der Waals surface area contributed by atoms with Gasteiger partial charge in [-0.25, -0.2) is 17.9 Å². The van der Waals surface area contributed by atoms with E-state index in [2.05, 4.69) is 20.8 Å². The summed E-state index contributed by atoms with van der Waals surface area (Å²) in [4.78, 5) is 5.71. The van der Waals surface area contributed by atoms with Crippen molar-refractivity contribution in [1.29, 1.82) is 0 Å². The van der Waals surface area contributed by atoms with Gasteiger partial charge in [-0.05, 0) is 38.1 Å². The van der Waals surface area contributed by atoms with Crippen LogP contribution in [0.2, 0.25) is 0 Å². The van der Waals surface area contributed by atoms with Crippen LogP contribution in [0.3, 0.4) is 0 Å². The summed E-state index contributed by atoms with van der Waals surface area (Å²) in [6.45, 7) is 1.42. The number of aromatic nitrogens is 3. The van der Waals surface area contributed by atoms with E-state index in [-0.39, 0.29) is 17.4 Å². The number of methoxy groups -OCH3 is 1. The molecule has 3 aliphatic rings. The van der Waals surface area contributed by atoms with Crippen molar-refractivity contribution in [3.05, 3.63) is 35.8 Å². The molecule has 0 spiro atoms. The molecule has 37 heavy (non-hydrogen) atoms. The maximum Gasteiger partial charge on any atom is 0.195 e. The number of halogens is 3. The fourth-order valence-electron chi connectivity index (χ4n) is 5.46. The first-order valence-corrected chi connectivity index (χ1v) is 12.4. The number of hydrogen-bond donors (Lipinski definition) is 3. The van der Waals surface area contributed by atoms with Crippen LogP contribution in [0, 0.1) is 23.4 Å². The highest BCUT2D eigenvalue weighted by atomic mass is 19.2. The molecule has 1 unspecified atom stereocenters. The van der Waals surface area contributed by atoms with Gasteiger partial charge in [-0.2, -0.15) is 0 Å². The second kappa shape index (κ2) is 11.0. The maximum atomic E-state index is 14.3. The molecule has 0 aliphatic carbocycles. The number of benzene rings is 1. The molecule has 0 radical (unpaired) electrons. The molecule has 5 rings (SSSR count). The first-order valence-electron chi connectivity index (χ1n) is 12.4. The van der Waals surface area contributed by atoms with Crippen LogP contribution in [0.4, 0.5) is 13.2 Å². The van der Waals surface area contributed by atoms with E-state index in [0.29, 0.717) is 18.8 Å². The fraction of sp³-hybridized carbons (Fsp3) is 0.625. The van der Waals surface area contributed by atoms with Crippen molar-refractivity contribution in [2.75, 3.05) is 26.8 Å². The summed E-state index contributed by atoms with van der Waals surface area (Å²) in [7, 11) is 1.46. The quantitative estimate of drug-likeness (QED) is 0.466. The minimum Gasteiger partial charge on any atom is -0.394 e. The Kier molecular flexibility index (Phi) is 7.77. The highest BCUT2D eigenvalue weighted by Gasteiger charge is 2.48. The van der Waals surface area contributed by atoms with Crippen LogP contribution in [0.5, 0.6) is 0 Å². The Hall–Kier alpha value is -2.58. The lowest BCUT2D eigenvalue weighted by atomic mass is 9.87. The number of nitrogens with one attached hydrogen (secondary N) is 1. The molecule has 3 N–H and O–H groups in total. The minimum absolute atomic E-state index is 0.0545. The molecule has 0 amide bonds. The zero-order valence-corrected chi connectivity index (χ0v) is 20.3. The lowest BCUT2D eigenvalue weighted by Crippen LogP contribution is -2.57. The normalized spacial score (nSPS) is 30.8. The summed E-state index contributed by atoms with van der Waals surface area (Å²) >= 11 is 0. The Labute approximate surface area is 211 Å². The van der Waals surface area contributed by atoms with Crippen molar-refractivity contribution in [2.24, 2.45) is 11.1 Å². The van der Waals surface area contributed by atoms with E-state index in [9.17, 15) is 23.4 Å². The van der Waals surface area contributed by atoms with Gasteiger partial charge in [0.1, 0.15) is 36.2 Å². The molecule has 6 atom stereocenters. The molecule has 1 aromatic carbocycles. The summed E-state index contributed by atoms with van der Waals surface area (Å²) in [6.07, 6.45) is 0.553. The number of piperidine rings is 1. The summed E-state index contributed by atoms with van der Waals surface area (Å²) in [5.41, 5.74) is 0.695. The number of hydrogen-bond acceptors (Lipinski definition) is 9. The van der Waals surface area contributed by atoms with Gasteiger partial charge in [0.15, 0.2) is 17.5 Å². The standard InChI is InChI=1S/C24H30F3N5O5/c1-35-24-18(9-13-8-16(30-37-13)12-4-6-28-7-5-12)36-19(11-33)23(34)22(24)32-10-17(29-31-32)14-2-3-15(25)21(27)20(14)26/h2-3,10,12-13,18-19,22-24,28,33-34H,4-9,11H2,1H3/t13?,18-,19-,22+,23+,24+/m1/s1. The highest BCUT2D eigenvalue weighted by molar-refractivity contribution is 5.87. The Morgan fingerprint density at radius 3 is 2.68 bits per heavy atom. The Balaban J connectivity index is 1.35. The monoisotopic (exact) mass is 525 g/mol. The van der Waals surface area contributed by atoms with E-state index in [4.69, 9.17) is 14.3 Å². The molecule has 2 fully saturated rings. The van der Waals surface area contributed by atoms with Crippen molar-refractivity contribution >= 4 is 5.71 Å². The molecular formula is C24H30F3N5O5. The SMILES string of the molecule is CO[C@@H]1[C@@H](n2cc(-c3ccc(F)c(F)c3F)nn2)[C@@H](O)[C@@H](CO)O[C@@H]1CC1CC(C2CCNCC2)=NO1. The smallest absolute Gasteiger partial charge is 0.195 e. The first kappa shape index (κ1) is 26.0. The van der Waals surface area contributed by atoms with Crippen LogP contribution in [0.15, 0.2) is 23.5 Å². The summed E-state index contributed by atoms with van der Waals surface area (Å²) in [5.74, 6) is -3.95. The molecule has 2 aromatic rings. The predicted octanol–water partition coefficient (Wildman–Crippen LogP) is 1.57. The Morgan fingerprint density at radius 1 is 1.16 bits per heavy atom. The number of rotatable bonds is 7. The van der Waals surface area contributed by atoms with Gasteiger partial charge in [0.05, 0.1) is 24.6 Å². The lowest BCUT2D eigenvalue weighted by molar-refractivity contribution is -0.219. The predicted molar refractivity (Wildman–Crippen MR) is 124 cm³/mol. The number of oxime groups is 1. The van der Waals surface area contributed by atoms with E-state index in [1.165, 1.54) is 18.0 Å². The summed E-state index contributed by atoms with van der Waals surface area (Å²) in [5, 5.41) is 36.5. The van der Waals surface area contributed by atoms with Gasteiger partial charge in [0, 0.05) is 31.4 Å². The molecule has 13 heteroatoms. The molecule has 1 aromatic heterocycles. The van der Waals surface area contributed by atoms with Gasteiger partial charge in [0.2, 0.25) is 0 Å². The zero-order chi connectivity index (χ0) is 26.1. The van der Waals surface area contributed by atoms with Gasteiger partial charge in [0.25, 0.3) is 0 Å². The fourth-order valence-corrected chi connectivity index (χ4v) is 5.46. The van der Waals surface area contributed by atoms with Crippen LogP contribution >= 0.6 is 0 Å². The first-order chi connectivity index (χ1) is 17.9. The number of nitrogens with zero attached hydrogens (tertiary/aromatic N) is 4. The van der Waals surface area contributed by atoms with Gasteiger partial charge >= 0.3 is 0 Å². The van der Waals surface area contributed by atoms with Crippen LogP contribution in [-0.2, 0) is 14.3 Å².